The Bertz CT molecular complexity index is 678. The summed E-state index contributed by atoms with van der Waals surface area (Å²) in [6.07, 6.45) is 3.64. The lowest BCUT2D eigenvalue weighted by atomic mass is 9.90. The first-order valence-electron chi connectivity index (χ1n) is 9.63. The lowest BCUT2D eigenvalue weighted by molar-refractivity contribution is 0.402. The van der Waals surface area contributed by atoms with Crippen LogP contribution in [0.5, 0.6) is 0 Å². The van der Waals surface area contributed by atoms with Gasteiger partial charge in [-0.05, 0) is 51.8 Å². The van der Waals surface area contributed by atoms with Crippen LogP contribution in [-0.2, 0) is 6.42 Å². The molecule has 3 rings (SSSR count). The zero-order valence-corrected chi connectivity index (χ0v) is 16.3. The average molecular weight is 354 g/mol. The Kier molecular flexibility index (Phi) is 6.45. The summed E-state index contributed by atoms with van der Waals surface area (Å²) < 4.78 is 0. The van der Waals surface area contributed by atoms with Gasteiger partial charge in [0, 0.05) is 37.9 Å². The quantitative estimate of drug-likeness (QED) is 0.828. The summed E-state index contributed by atoms with van der Waals surface area (Å²) in [5.41, 5.74) is 2.48. The number of anilines is 2. The van der Waals surface area contributed by atoms with Crippen molar-refractivity contribution in [2.24, 2.45) is 5.92 Å². The highest BCUT2D eigenvalue weighted by Crippen LogP contribution is 2.25. The third-order valence-corrected chi connectivity index (χ3v) is 4.99. The lowest BCUT2D eigenvalue weighted by Gasteiger charge is -2.33. The number of aromatic nitrogens is 2. The van der Waals surface area contributed by atoms with Crippen LogP contribution in [0.25, 0.3) is 0 Å². The summed E-state index contributed by atoms with van der Waals surface area (Å²) in [4.78, 5) is 13.8. The molecule has 0 amide bonds. The molecule has 1 aromatic heterocycles. The summed E-state index contributed by atoms with van der Waals surface area (Å²) in [6.45, 7) is 6.02. The van der Waals surface area contributed by atoms with E-state index >= 15 is 0 Å². The second-order valence-corrected chi connectivity index (χ2v) is 7.54. The number of benzene rings is 1. The van der Waals surface area contributed by atoms with Crippen LogP contribution in [0.4, 0.5) is 11.8 Å². The van der Waals surface area contributed by atoms with E-state index in [1.165, 1.54) is 24.8 Å². The third-order valence-electron chi connectivity index (χ3n) is 4.99. The van der Waals surface area contributed by atoms with Crippen LogP contribution in [0, 0.1) is 12.8 Å². The van der Waals surface area contributed by atoms with Gasteiger partial charge in [-0.3, -0.25) is 0 Å². The molecule has 0 unspecified atom stereocenters. The number of piperidine rings is 1. The Labute approximate surface area is 157 Å². The summed E-state index contributed by atoms with van der Waals surface area (Å²) in [5.74, 6) is 2.57. The van der Waals surface area contributed by atoms with Crippen LogP contribution in [0.3, 0.4) is 0 Å². The molecule has 0 bridgehead atoms. The van der Waals surface area contributed by atoms with E-state index in [4.69, 9.17) is 4.98 Å². The smallest absolute Gasteiger partial charge is 0.224 e. The highest BCUT2D eigenvalue weighted by Gasteiger charge is 2.21. The van der Waals surface area contributed by atoms with Crippen LogP contribution in [-0.4, -0.2) is 55.1 Å². The molecule has 0 spiro atoms. The number of aryl methyl sites for hydroxylation is 1. The largest absolute Gasteiger partial charge is 0.356 e. The molecule has 5 nitrogen and oxygen atoms in total. The molecule has 26 heavy (non-hydrogen) atoms. The number of hydrogen-bond acceptors (Lipinski definition) is 5. The SMILES string of the molecule is Cc1cc(N2CCC(Cc3ccccc3)CC2)nc(NCCN(C)C)n1. The van der Waals surface area contributed by atoms with Gasteiger partial charge >= 0.3 is 0 Å². The van der Waals surface area contributed by atoms with Crippen LogP contribution in [0.2, 0.25) is 0 Å². The van der Waals surface area contributed by atoms with Gasteiger partial charge in [0.1, 0.15) is 5.82 Å². The maximum atomic E-state index is 4.75. The van der Waals surface area contributed by atoms with E-state index in [1.54, 1.807) is 0 Å². The molecule has 1 N–H and O–H groups in total. The van der Waals surface area contributed by atoms with Gasteiger partial charge in [0.05, 0.1) is 0 Å². The fraction of sp³-hybridized carbons (Fsp3) is 0.524. The molecular formula is C21H31N5. The lowest BCUT2D eigenvalue weighted by Crippen LogP contribution is -2.35. The third kappa shape index (κ3) is 5.43. The maximum absolute atomic E-state index is 4.75. The Balaban J connectivity index is 1.56. The highest BCUT2D eigenvalue weighted by atomic mass is 15.2. The van der Waals surface area contributed by atoms with Crippen molar-refractivity contribution in [2.75, 3.05) is 50.5 Å². The van der Waals surface area contributed by atoms with Crippen LogP contribution in [0.15, 0.2) is 36.4 Å². The number of likely N-dealkylation sites (N-methyl/N-ethyl adjacent to an activating group) is 1. The molecule has 0 saturated carbocycles. The van der Waals surface area contributed by atoms with E-state index in [1.807, 2.05) is 6.92 Å². The molecule has 140 valence electrons. The van der Waals surface area contributed by atoms with Gasteiger partial charge in [0.25, 0.3) is 0 Å². The molecular weight excluding hydrogens is 322 g/mol. The van der Waals surface area contributed by atoms with E-state index < -0.39 is 0 Å². The Hall–Kier alpha value is -2.14. The van der Waals surface area contributed by atoms with Crippen molar-refractivity contribution in [3.63, 3.8) is 0 Å². The Morgan fingerprint density at radius 2 is 1.85 bits per heavy atom. The molecule has 1 aliphatic rings. The van der Waals surface area contributed by atoms with Gasteiger partial charge in [-0.1, -0.05) is 30.3 Å². The van der Waals surface area contributed by atoms with Crippen molar-refractivity contribution in [1.82, 2.24) is 14.9 Å². The molecule has 0 aliphatic carbocycles. The summed E-state index contributed by atoms with van der Waals surface area (Å²) >= 11 is 0. The van der Waals surface area contributed by atoms with Gasteiger partial charge in [0.15, 0.2) is 0 Å². The summed E-state index contributed by atoms with van der Waals surface area (Å²) in [6, 6.07) is 13.0. The Morgan fingerprint density at radius 3 is 2.54 bits per heavy atom. The minimum Gasteiger partial charge on any atom is -0.356 e. The predicted molar refractivity (Wildman–Crippen MR) is 109 cm³/mol. The molecule has 2 heterocycles. The minimum absolute atomic E-state index is 0.744. The fourth-order valence-electron chi connectivity index (χ4n) is 3.50. The van der Waals surface area contributed by atoms with Crippen molar-refractivity contribution in [3.05, 3.63) is 47.7 Å². The topological polar surface area (TPSA) is 44.3 Å². The normalized spacial score (nSPS) is 15.5. The molecule has 5 heteroatoms. The van der Waals surface area contributed by atoms with Crippen molar-refractivity contribution >= 4 is 11.8 Å². The van der Waals surface area contributed by atoms with Crippen LogP contribution < -0.4 is 10.2 Å². The number of rotatable bonds is 7. The zero-order valence-electron chi connectivity index (χ0n) is 16.3. The second kappa shape index (κ2) is 8.99. The van der Waals surface area contributed by atoms with Gasteiger partial charge in [-0.15, -0.1) is 0 Å². The molecule has 1 aromatic carbocycles. The van der Waals surface area contributed by atoms with Gasteiger partial charge < -0.3 is 15.1 Å². The molecule has 1 fully saturated rings. The van der Waals surface area contributed by atoms with E-state index in [-0.39, 0.29) is 0 Å². The van der Waals surface area contributed by atoms with Crippen molar-refractivity contribution in [3.8, 4) is 0 Å². The average Bonchev–Trinajstić information content (AvgIpc) is 2.62. The van der Waals surface area contributed by atoms with Gasteiger partial charge in [-0.2, -0.15) is 4.98 Å². The standard InChI is InChI=1S/C21H31N5/c1-17-15-20(24-21(23-17)22-11-14-25(2)3)26-12-9-19(10-13-26)16-18-7-5-4-6-8-18/h4-8,15,19H,9-14,16H2,1-3H3,(H,22,23,24). The first kappa shape index (κ1) is 18.6. The molecule has 1 aliphatic heterocycles. The maximum Gasteiger partial charge on any atom is 0.224 e. The van der Waals surface area contributed by atoms with Crippen molar-refractivity contribution < 1.29 is 0 Å². The first-order valence-corrected chi connectivity index (χ1v) is 9.63. The van der Waals surface area contributed by atoms with E-state index in [9.17, 15) is 0 Å². The molecule has 0 radical (unpaired) electrons. The molecule has 2 aromatic rings. The van der Waals surface area contributed by atoms with Gasteiger partial charge in [0.2, 0.25) is 5.95 Å². The molecule has 1 saturated heterocycles. The predicted octanol–water partition coefficient (Wildman–Crippen LogP) is 3.22. The second-order valence-electron chi connectivity index (χ2n) is 7.54. The number of nitrogens with zero attached hydrogens (tertiary/aromatic N) is 4. The van der Waals surface area contributed by atoms with Crippen LogP contribution in [0.1, 0.15) is 24.1 Å². The Morgan fingerprint density at radius 1 is 1.12 bits per heavy atom. The van der Waals surface area contributed by atoms with E-state index in [0.717, 1.165) is 49.6 Å². The monoisotopic (exact) mass is 353 g/mol. The van der Waals surface area contributed by atoms with Gasteiger partial charge in [-0.25, -0.2) is 4.98 Å². The van der Waals surface area contributed by atoms with Crippen LogP contribution >= 0.6 is 0 Å². The van der Waals surface area contributed by atoms with Crippen molar-refractivity contribution in [2.45, 2.75) is 26.2 Å². The minimum atomic E-state index is 0.744. The fourth-order valence-corrected chi connectivity index (χ4v) is 3.50. The summed E-state index contributed by atoms with van der Waals surface area (Å²) in [5, 5.41) is 3.35. The van der Waals surface area contributed by atoms with E-state index in [0.29, 0.717) is 0 Å². The van der Waals surface area contributed by atoms with Crippen molar-refractivity contribution in [1.29, 1.82) is 0 Å². The number of hydrogen-bond donors (Lipinski definition) is 1. The highest BCUT2D eigenvalue weighted by molar-refractivity contribution is 5.45. The summed E-state index contributed by atoms with van der Waals surface area (Å²) in [7, 11) is 4.15. The van der Waals surface area contributed by atoms with E-state index in [2.05, 4.69) is 70.6 Å². The first-order chi connectivity index (χ1) is 12.6. The number of nitrogens with one attached hydrogen (secondary N) is 1. The molecule has 0 atom stereocenters. The zero-order chi connectivity index (χ0) is 18.4.